The van der Waals surface area contributed by atoms with Gasteiger partial charge in [-0.3, -0.25) is 0 Å². The molecule has 0 aliphatic carbocycles. The zero-order valence-electron chi connectivity index (χ0n) is 11.7. The molecule has 0 radical (unpaired) electrons. The largest absolute Gasteiger partial charge is 0.495 e. The van der Waals surface area contributed by atoms with E-state index >= 15 is 0 Å². The van der Waals surface area contributed by atoms with Crippen LogP contribution in [0, 0.1) is 0 Å². The van der Waals surface area contributed by atoms with Crippen molar-refractivity contribution in [3.05, 3.63) is 23.0 Å². The molecular formula is C12H16ClN5O2. The predicted octanol–water partition coefficient (Wildman–Crippen LogP) is 1.61. The van der Waals surface area contributed by atoms with Gasteiger partial charge in [0.15, 0.2) is 5.82 Å². The average Bonchev–Trinajstić information content (AvgIpc) is 2.95. The van der Waals surface area contributed by atoms with Gasteiger partial charge in [-0.05, 0) is 30.5 Å². The summed E-state index contributed by atoms with van der Waals surface area (Å²) in [6.07, 6.45) is 0. The number of nitrogens with one attached hydrogen (secondary N) is 1. The summed E-state index contributed by atoms with van der Waals surface area (Å²) in [4.78, 5) is 0. The molecule has 1 unspecified atom stereocenters. The number of ether oxygens (including phenoxy) is 2. The van der Waals surface area contributed by atoms with Crippen molar-refractivity contribution in [3.8, 4) is 17.2 Å². The number of aromatic nitrogens is 4. The molecule has 0 aliphatic rings. The molecule has 0 bridgehead atoms. The fourth-order valence-electron chi connectivity index (χ4n) is 1.77. The third-order valence-corrected chi connectivity index (χ3v) is 3.29. The molecule has 1 N–H and O–H groups in total. The van der Waals surface area contributed by atoms with Gasteiger partial charge in [-0.2, -0.15) is 4.68 Å². The van der Waals surface area contributed by atoms with Crippen LogP contribution in [0.1, 0.15) is 18.8 Å². The van der Waals surface area contributed by atoms with Crippen molar-refractivity contribution in [2.45, 2.75) is 13.0 Å². The monoisotopic (exact) mass is 297 g/mol. The zero-order chi connectivity index (χ0) is 14.7. The molecule has 7 nitrogen and oxygen atoms in total. The van der Waals surface area contributed by atoms with Crippen molar-refractivity contribution >= 4 is 11.6 Å². The molecule has 2 rings (SSSR count). The van der Waals surface area contributed by atoms with Crippen LogP contribution in [0.5, 0.6) is 11.5 Å². The van der Waals surface area contributed by atoms with E-state index in [0.29, 0.717) is 28.0 Å². The fourth-order valence-corrected chi connectivity index (χ4v) is 2.01. The molecule has 2 aromatic rings. The molecule has 0 spiro atoms. The Hall–Kier alpha value is -1.86. The molecule has 0 saturated heterocycles. The van der Waals surface area contributed by atoms with E-state index in [4.69, 9.17) is 21.1 Å². The van der Waals surface area contributed by atoms with Crippen LogP contribution in [0.2, 0.25) is 5.02 Å². The number of methoxy groups -OCH3 is 2. The average molecular weight is 298 g/mol. The SMILES string of the molecule is CNC(C)c1nnnn1-c1cc(Cl)c(OC)cc1OC. The predicted molar refractivity (Wildman–Crippen MR) is 74.7 cm³/mol. The van der Waals surface area contributed by atoms with Gasteiger partial charge >= 0.3 is 0 Å². The Morgan fingerprint density at radius 3 is 2.55 bits per heavy atom. The number of benzene rings is 1. The van der Waals surface area contributed by atoms with Crippen molar-refractivity contribution in [2.75, 3.05) is 21.3 Å². The van der Waals surface area contributed by atoms with Crippen molar-refractivity contribution < 1.29 is 9.47 Å². The van der Waals surface area contributed by atoms with Gasteiger partial charge in [-0.25, -0.2) is 0 Å². The third kappa shape index (κ3) is 2.54. The number of tetrazole rings is 1. The van der Waals surface area contributed by atoms with E-state index in [2.05, 4.69) is 20.8 Å². The summed E-state index contributed by atoms with van der Waals surface area (Å²) in [6, 6.07) is 3.39. The maximum Gasteiger partial charge on any atom is 0.173 e. The van der Waals surface area contributed by atoms with E-state index in [9.17, 15) is 0 Å². The van der Waals surface area contributed by atoms with Gasteiger partial charge in [0.25, 0.3) is 0 Å². The Bertz CT molecular complexity index is 602. The zero-order valence-corrected chi connectivity index (χ0v) is 12.5. The third-order valence-electron chi connectivity index (χ3n) is 3.00. The van der Waals surface area contributed by atoms with Gasteiger partial charge in [-0.1, -0.05) is 11.6 Å². The van der Waals surface area contributed by atoms with Crippen LogP contribution in [0.15, 0.2) is 12.1 Å². The Morgan fingerprint density at radius 1 is 1.25 bits per heavy atom. The van der Waals surface area contributed by atoms with Crippen LogP contribution in [0.25, 0.3) is 5.69 Å². The lowest BCUT2D eigenvalue weighted by Crippen LogP contribution is -2.18. The lowest BCUT2D eigenvalue weighted by Gasteiger charge is -2.14. The van der Waals surface area contributed by atoms with Gasteiger partial charge in [0.05, 0.1) is 25.3 Å². The standard InChI is InChI=1S/C12H16ClN5O2/c1-7(14-2)12-15-16-17-18(12)9-5-8(13)10(19-3)6-11(9)20-4/h5-7,14H,1-4H3. The Kier molecular flexibility index (Phi) is 4.41. The summed E-state index contributed by atoms with van der Waals surface area (Å²) in [6.45, 7) is 1.96. The molecule has 1 atom stereocenters. The van der Waals surface area contributed by atoms with Crippen LogP contribution in [0.3, 0.4) is 0 Å². The van der Waals surface area contributed by atoms with Crippen molar-refractivity contribution in [1.82, 2.24) is 25.5 Å². The Labute approximate surface area is 121 Å². The second-order valence-electron chi connectivity index (χ2n) is 4.12. The van der Waals surface area contributed by atoms with E-state index in [0.717, 1.165) is 0 Å². The number of rotatable bonds is 5. The molecule has 1 aromatic carbocycles. The highest BCUT2D eigenvalue weighted by Crippen LogP contribution is 2.35. The first-order valence-electron chi connectivity index (χ1n) is 5.99. The summed E-state index contributed by atoms with van der Waals surface area (Å²) in [5.41, 5.74) is 0.653. The molecule has 8 heteroatoms. The smallest absolute Gasteiger partial charge is 0.173 e. The molecule has 0 aliphatic heterocycles. The topological polar surface area (TPSA) is 74.1 Å². The normalized spacial score (nSPS) is 12.2. The summed E-state index contributed by atoms with van der Waals surface area (Å²) in [5, 5.41) is 15.3. The molecule has 20 heavy (non-hydrogen) atoms. The minimum absolute atomic E-state index is 0.0180. The second kappa shape index (κ2) is 6.06. The lowest BCUT2D eigenvalue weighted by molar-refractivity contribution is 0.392. The molecule has 1 aromatic heterocycles. The molecule has 108 valence electrons. The summed E-state index contributed by atoms with van der Waals surface area (Å²) >= 11 is 6.16. The van der Waals surface area contributed by atoms with Crippen LogP contribution in [-0.2, 0) is 0 Å². The molecule has 1 heterocycles. The Morgan fingerprint density at radius 2 is 1.95 bits per heavy atom. The number of halogens is 1. The first-order valence-corrected chi connectivity index (χ1v) is 6.37. The van der Waals surface area contributed by atoms with Gasteiger partial charge in [0.2, 0.25) is 0 Å². The van der Waals surface area contributed by atoms with Gasteiger partial charge < -0.3 is 14.8 Å². The van der Waals surface area contributed by atoms with Gasteiger partial charge in [0.1, 0.15) is 17.2 Å². The van der Waals surface area contributed by atoms with Gasteiger partial charge in [-0.15, -0.1) is 5.10 Å². The highest BCUT2D eigenvalue weighted by molar-refractivity contribution is 6.32. The van der Waals surface area contributed by atoms with Crippen LogP contribution < -0.4 is 14.8 Å². The molecule has 0 saturated carbocycles. The lowest BCUT2D eigenvalue weighted by atomic mass is 10.2. The van der Waals surface area contributed by atoms with E-state index in [1.165, 1.54) is 0 Å². The quantitative estimate of drug-likeness (QED) is 0.904. The summed E-state index contributed by atoms with van der Waals surface area (Å²) in [5.74, 6) is 1.76. The maximum atomic E-state index is 6.16. The van der Waals surface area contributed by atoms with E-state index < -0.39 is 0 Å². The van der Waals surface area contributed by atoms with Crippen molar-refractivity contribution in [3.63, 3.8) is 0 Å². The number of hydrogen-bond acceptors (Lipinski definition) is 6. The first kappa shape index (κ1) is 14.5. The van der Waals surface area contributed by atoms with Gasteiger partial charge in [0, 0.05) is 6.07 Å². The minimum Gasteiger partial charge on any atom is -0.495 e. The minimum atomic E-state index is -0.0180. The second-order valence-corrected chi connectivity index (χ2v) is 4.53. The molecular weight excluding hydrogens is 282 g/mol. The highest BCUT2D eigenvalue weighted by atomic mass is 35.5. The van der Waals surface area contributed by atoms with E-state index in [1.807, 2.05) is 14.0 Å². The summed E-state index contributed by atoms with van der Waals surface area (Å²) < 4.78 is 12.1. The molecule has 0 fully saturated rings. The molecule has 0 amide bonds. The number of hydrogen-bond donors (Lipinski definition) is 1. The van der Waals surface area contributed by atoms with Crippen LogP contribution in [0.4, 0.5) is 0 Å². The van der Waals surface area contributed by atoms with Crippen LogP contribution in [-0.4, -0.2) is 41.5 Å². The van der Waals surface area contributed by atoms with Crippen LogP contribution >= 0.6 is 11.6 Å². The highest BCUT2D eigenvalue weighted by Gasteiger charge is 2.19. The van der Waals surface area contributed by atoms with Crippen molar-refractivity contribution in [1.29, 1.82) is 0 Å². The Balaban J connectivity index is 2.58. The first-order chi connectivity index (χ1) is 9.62. The maximum absolute atomic E-state index is 6.16. The fraction of sp³-hybridized carbons (Fsp3) is 0.417. The van der Waals surface area contributed by atoms with E-state index in [1.54, 1.807) is 31.0 Å². The summed E-state index contributed by atoms with van der Waals surface area (Å²) in [7, 11) is 4.95. The number of nitrogens with zero attached hydrogens (tertiary/aromatic N) is 4. The van der Waals surface area contributed by atoms with Crippen molar-refractivity contribution in [2.24, 2.45) is 0 Å². The van der Waals surface area contributed by atoms with E-state index in [-0.39, 0.29) is 6.04 Å².